The first kappa shape index (κ1) is 75.7. The molecule has 29 heteroatoms. The number of benzene rings is 3. The summed E-state index contributed by atoms with van der Waals surface area (Å²) in [5.41, 5.74) is 26.5. The first-order valence-corrected chi connectivity index (χ1v) is 37.3. The molecular weight excluding hydrogens is 1430 g/mol. The van der Waals surface area contributed by atoms with Gasteiger partial charge in [0.05, 0.1) is 18.1 Å². The van der Waals surface area contributed by atoms with Crippen LogP contribution in [0.25, 0.3) is 50.3 Å². The Kier molecular flexibility index (Phi) is 23.0. The first-order chi connectivity index (χ1) is 55.0. The van der Waals surface area contributed by atoms with Gasteiger partial charge in [-0.05, 0) is 150 Å². The van der Waals surface area contributed by atoms with Crippen LogP contribution in [-0.4, -0.2) is 153 Å². The Labute approximate surface area is 649 Å². The van der Waals surface area contributed by atoms with Crippen molar-refractivity contribution in [2.75, 3.05) is 73.4 Å². The van der Waals surface area contributed by atoms with Crippen LogP contribution in [0.3, 0.4) is 0 Å². The normalized spacial score (nSPS) is 15.7. The smallest absolute Gasteiger partial charge is 0.299 e. The van der Waals surface area contributed by atoms with Crippen molar-refractivity contribution in [3.63, 3.8) is 0 Å². The number of nitrogen functional groups attached to an aromatic ring is 3. The van der Waals surface area contributed by atoms with Crippen LogP contribution < -0.4 is 33.2 Å². The molecule has 16 rings (SSSR count). The van der Waals surface area contributed by atoms with Crippen molar-refractivity contribution >= 4 is 86.9 Å². The fourth-order valence-corrected chi connectivity index (χ4v) is 13.9. The molecule has 3 atom stereocenters. The molecule has 3 aromatic carbocycles. The second kappa shape index (κ2) is 34.2. The minimum absolute atomic E-state index is 0.0529. The zero-order valence-corrected chi connectivity index (χ0v) is 62.3. The van der Waals surface area contributed by atoms with Crippen molar-refractivity contribution in [1.29, 1.82) is 0 Å². The average Bonchev–Trinajstić information content (AvgIpc) is 1.62. The van der Waals surface area contributed by atoms with Crippen molar-refractivity contribution in [1.82, 2.24) is 77.7 Å². The van der Waals surface area contributed by atoms with Gasteiger partial charge < -0.3 is 52.8 Å². The fraction of sp³-hybridized carbons (Fsp3) is 0.250. The summed E-state index contributed by atoms with van der Waals surface area (Å²) in [7, 11) is 3.90. The molecule has 9 N–H and O–H groups in total. The molecular formula is C84H81FN22O6. The molecule has 113 heavy (non-hydrogen) atoms. The number of imidazole rings is 3. The molecule has 0 bridgehead atoms. The number of nitrogens with two attached hydrogens (primary N) is 3. The predicted octanol–water partition coefficient (Wildman–Crippen LogP) is 11.3. The van der Waals surface area contributed by atoms with Gasteiger partial charge in [0.25, 0.3) is 29.5 Å². The van der Waals surface area contributed by atoms with Crippen LogP contribution >= 0.6 is 0 Å². The zero-order valence-electron chi connectivity index (χ0n) is 62.3. The van der Waals surface area contributed by atoms with Gasteiger partial charge in [0.2, 0.25) is 5.91 Å². The summed E-state index contributed by atoms with van der Waals surface area (Å²) in [5.74, 6) is 14.5. The van der Waals surface area contributed by atoms with E-state index in [9.17, 15) is 33.2 Å². The highest BCUT2D eigenvalue weighted by atomic mass is 19.1. The molecule has 1 saturated carbocycles. The Morgan fingerprint density at radius 3 is 1.30 bits per heavy atom. The van der Waals surface area contributed by atoms with Crippen LogP contribution in [0.1, 0.15) is 138 Å². The molecule has 12 aromatic rings. The molecule has 9 aromatic heterocycles. The SMILES string of the molecule is CCCC#CC(=O)N1CCC[C@H]1c1nc(-c2ccc(C(=O)Nc3ccccn3)cc2)c2c(N)nccn12.CN(C)C/C=C/C(=O)N1CCC[C@H]1c1nc(-c2ccc(C(=O)Nc3cc(F)ccn3)cc2)c2c(N)nccn12.Nc1nccn2c([C@@H]3CCCN3C(=O)C#CC3CC3)nc(-c3ccc(C(=O)Nc4ccccn4)cc3)c12. The van der Waals surface area contributed by atoms with Crippen molar-refractivity contribution < 1.29 is 33.2 Å². The van der Waals surface area contributed by atoms with Crippen LogP contribution in [0.2, 0.25) is 0 Å². The van der Waals surface area contributed by atoms with E-state index >= 15 is 0 Å². The minimum Gasteiger partial charge on any atom is -0.382 e. The van der Waals surface area contributed by atoms with E-state index in [0.717, 1.165) is 92.2 Å². The number of carbonyl (C=O) groups excluding carboxylic acids is 6. The molecule has 3 saturated heterocycles. The largest absolute Gasteiger partial charge is 0.382 e. The topological polar surface area (TPSA) is 359 Å². The third kappa shape index (κ3) is 17.2. The van der Waals surface area contributed by atoms with Gasteiger partial charge in [-0.25, -0.2) is 49.2 Å². The summed E-state index contributed by atoms with van der Waals surface area (Å²) in [5, 5.41) is 8.16. The van der Waals surface area contributed by atoms with Crippen LogP contribution in [0, 0.1) is 35.4 Å². The number of likely N-dealkylation sites (N-methyl/N-ethyl adjacent to an activating group) is 1. The third-order valence-electron chi connectivity index (χ3n) is 19.6. The van der Waals surface area contributed by atoms with Crippen molar-refractivity contribution in [3.8, 4) is 57.5 Å². The van der Waals surface area contributed by atoms with Gasteiger partial charge in [0.15, 0.2) is 0 Å². The predicted molar refractivity (Wildman–Crippen MR) is 427 cm³/mol. The number of halogens is 1. The van der Waals surface area contributed by atoms with E-state index in [4.69, 9.17) is 32.2 Å². The van der Waals surface area contributed by atoms with E-state index in [0.29, 0.717) is 124 Å². The van der Waals surface area contributed by atoms with Crippen LogP contribution in [0.15, 0.2) is 189 Å². The summed E-state index contributed by atoms with van der Waals surface area (Å²) < 4.78 is 19.2. The Morgan fingerprint density at radius 2 is 0.903 bits per heavy atom. The lowest BCUT2D eigenvalue weighted by Crippen LogP contribution is -2.30. The second-order valence-corrected chi connectivity index (χ2v) is 27.7. The molecule has 3 aliphatic heterocycles. The molecule has 4 fully saturated rings. The van der Waals surface area contributed by atoms with Crippen LogP contribution in [0.5, 0.6) is 0 Å². The Hall–Kier alpha value is -14.1. The number of aromatic nitrogens is 12. The summed E-state index contributed by atoms with van der Waals surface area (Å²) in [6.45, 7) is 4.64. The Balaban J connectivity index is 0.000000141. The molecule has 12 heterocycles. The van der Waals surface area contributed by atoms with Crippen LogP contribution in [0.4, 0.5) is 39.3 Å². The summed E-state index contributed by atoms with van der Waals surface area (Å²) >= 11 is 0. The molecule has 0 unspecified atom stereocenters. The molecule has 1 aliphatic carbocycles. The van der Waals surface area contributed by atoms with Crippen molar-refractivity contribution in [2.45, 2.75) is 89.3 Å². The maximum atomic E-state index is 13.4. The number of unbranched alkanes of at least 4 members (excludes halogenated alkanes) is 1. The highest BCUT2D eigenvalue weighted by Gasteiger charge is 2.37. The van der Waals surface area contributed by atoms with E-state index in [1.54, 1.807) is 121 Å². The van der Waals surface area contributed by atoms with E-state index in [2.05, 4.69) is 69.5 Å². The molecule has 0 spiro atoms. The van der Waals surface area contributed by atoms with Crippen LogP contribution in [-0.2, 0) is 14.4 Å². The van der Waals surface area contributed by atoms with Gasteiger partial charge in [0.1, 0.15) is 91.8 Å². The van der Waals surface area contributed by atoms with Gasteiger partial charge in [0, 0.05) is 140 Å². The molecule has 28 nitrogen and oxygen atoms in total. The zero-order chi connectivity index (χ0) is 78.7. The highest BCUT2D eigenvalue weighted by molar-refractivity contribution is 6.06. The fourth-order valence-electron chi connectivity index (χ4n) is 13.9. The standard InChI is InChI=1S/C28H29FN8O2.C28H25N7O2.C28H27N7O2/c1-35(2)14-4-6-23(38)36-15-3-5-21(36)27-34-24(25-26(30)32-13-16-37(25)27)18-7-9-19(10-8-18)28(39)33-22-17-20(29)11-12-31-22;29-26-25-24(19-9-11-20(12-10-19)28(37)32-22-5-1-2-14-30-22)33-27(35(25)17-15-31-26)21-4-3-16-34(21)23(36)13-8-18-6-7-18;1-2-3-4-10-23(36)34-17-7-8-21(34)27-33-24(25-26(29)31-16-18-35(25)27)19-11-13-20(14-12-19)28(37)32-22-9-5-6-15-30-22/h4,6-13,16-17,21H,3,5,14-15H2,1-2H3,(H2,30,32)(H,31,33,39);1-2,5,9-12,14-15,17-18,21H,3-4,6-7,16H2,(H2,29,31)(H,30,32,37);5-6,9,11-16,18,21H,2-3,7-8,17H2,1H3,(H2,29,31)(H,30,32,37)/b6-4+;;/t3*21-/m000/s1. The second-order valence-electron chi connectivity index (χ2n) is 27.7. The molecule has 570 valence electrons. The quantitative estimate of drug-likeness (QED) is 0.0386. The maximum absolute atomic E-state index is 13.4. The van der Waals surface area contributed by atoms with Gasteiger partial charge in [-0.3, -0.25) is 42.0 Å². The summed E-state index contributed by atoms with van der Waals surface area (Å²) in [6.07, 6.45) is 27.1. The number of nitrogens with zero attached hydrogens (tertiary/aromatic N) is 16. The number of rotatable bonds is 16. The molecule has 6 amide bonds. The monoisotopic (exact) mass is 1510 g/mol. The maximum Gasteiger partial charge on any atom is 0.299 e. The number of hydrogen-bond acceptors (Lipinski definition) is 19. The van der Waals surface area contributed by atoms with Crippen molar-refractivity contribution in [2.24, 2.45) is 5.92 Å². The Bertz CT molecular complexity index is 5710. The number of anilines is 6. The van der Waals surface area contributed by atoms with Gasteiger partial charge >= 0.3 is 0 Å². The molecule has 0 radical (unpaired) electrons. The number of nitrogens with one attached hydrogen (secondary N) is 3. The van der Waals surface area contributed by atoms with Crippen molar-refractivity contribution in [3.05, 3.63) is 229 Å². The number of hydrogen-bond donors (Lipinski definition) is 6. The third-order valence-corrected chi connectivity index (χ3v) is 19.6. The minimum atomic E-state index is -0.489. The number of likely N-dealkylation sites (tertiary alicyclic amines) is 3. The van der Waals surface area contributed by atoms with Gasteiger partial charge in [-0.1, -0.05) is 73.4 Å². The average molecular weight is 1510 g/mol. The lowest BCUT2D eigenvalue weighted by atomic mass is 10.1. The van der Waals surface area contributed by atoms with E-state index in [-0.39, 0.29) is 53.5 Å². The summed E-state index contributed by atoms with van der Waals surface area (Å²) in [6, 6.07) is 33.5. The lowest BCUT2D eigenvalue weighted by Gasteiger charge is -2.22. The highest BCUT2D eigenvalue weighted by Crippen LogP contribution is 2.41. The van der Waals surface area contributed by atoms with E-state index < -0.39 is 11.7 Å². The molecule has 4 aliphatic rings. The Morgan fingerprint density at radius 1 is 0.496 bits per heavy atom. The van der Waals surface area contributed by atoms with E-state index in [1.807, 2.05) is 104 Å². The first-order valence-electron chi connectivity index (χ1n) is 37.3. The van der Waals surface area contributed by atoms with Gasteiger partial charge in [-0.2, -0.15) is 0 Å². The number of amides is 6. The lowest BCUT2D eigenvalue weighted by molar-refractivity contribution is -0.127. The van der Waals surface area contributed by atoms with Gasteiger partial charge in [-0.15, -0.1) is 0 Å². The number of carbonyl (C=O) groups is 6. The van der Waals surface area contributed by atoms with E-state index in [1.165, 1.54) is 12.3 Å². The number of fused-ring (bicyclic) bond motifs is 3. The summed E-state index contributed by atoms with van der Waals surface area (Å²) in [4.78, 5) is 124. The number of pyridine rings is 3.